The number of sulfonamides is 1. The minimum Gasteiger partial charge on any atom is -0.452 e. The number of rotatable bonds is 7. The van der Waals surface area contributed by atoms with Crippen LogP contribution in [-0.2, 0) is 19.6 Å². The quantitative estimate of drug-likeness (QED) is 0.638. The molecule has 3 aromatic carbocycles. The fraction of sp³-hybridized carbons (Fsp3) is 0.0952. The molecule has 0 heterocycles. The molecule has 3 aromatic rings. The Hall–Kier alpha value is -2.96. The van der Waals surface area contributed by atoms with E-state index in [1.807, 2.05) is 60.7 Å². The van der Waals surface area contributed by atoms with Crippen molar-refractivity contribution in [1.82, 2.24) is 4.72 Å². The zero-order valence-electron chi connectivity index (χ0n) is 14.5. The monoisotopic (exact) mass is 381 g/mol. The summed E-state index contributed by atoms with van der Waals surface area (Å²) >= 11 is 0. The summed E-state index contributed by atoms with van der Waals surface area (Å²) in [4.78, 5) is 12.4. The maximum absolute atomic E-state index is 12.3. The normalized spacial score (nSPS) is 11.3. The van der Waals surface area contributed by atoms with Crippen molar-refractivity contribution in [2.24, 2.45) is 0 Å². The molecule has 5 nitrogen and oxygen atoms in total. The van der Waals surface area contributed by atoms with Crippen LogP contribution < -0.4 is 4.72 Å². The first kappa shape index (κ1) is 18.8. The van der Waals surface area contributed by atoms with E-state index in [1.54, 1.807) is 18.2 Å². The molecule has 0 saturated heterocycles. The summed E-state index contributed by atoms with van der Waals surface area (Å²) in [7, 11) is -3.77. The molecule has 0 saturated carbocycles. The Labute approximate surface area is 158 Å². The fourth-order valence-electron chi connectivity index (χ4n) is 2.59. The molecule has 3 rings (SSSR count). The Morgan fingerprint density at radius 1 is 0.778 bits per heavy atom. The van der Waals surface area contributed by atoms with Gasteiger partial charge in [0.1, 0.15) is 6.54 Å². The number of nitrogens with one attached hydrogen (secondary N) is 1. The molecule has 0 aliphatic carbocycles. The number of ether oxygens (including phenoxy) is 1. The highest BCUT2D eigenvalue weighted by atomic mass is 32.2. The molecule has 27 heavy (non-hydrogen) atoms. The molecule has 6 heteroatoms. The smallest absolute Gasteiger partial charge is 0.321 e. The van der Waals surface area contributed by atoms with Crippen molar-refractivity contribution in [3.63, 3.8) is 0 Å². The van der Waals surface area contributed by atoms with Crippen LogP contribution in [0.25, 0.3) is 0 Å². The third-order valence-electron chi connectivity index (χ3n) is 3.91. The molecule has 0 aliphatic rings. The lowest BCUT2D eigenvalue weighted by Gasteiger charge is -2.19. The Balaban J connectivity index is 1.72. The molecule has 0 aliphatic heterocycles. The van der Waals surface area contributed by atoms with Gasteiger partial charge in [-0.25, -0.2) is 8.42 Å². The molecule has 0 bridgehead atoms. The number of benzene rings is 3. The summed E-state index contributed by atoms with van der Waals surface area (Å²) in [6.07, 6.45) is -0.610. The summed E-state index contributed by atoms with van der Waals surface area (Å²) in [6, 6.07) is 26.5. The zero-order valence-corrected chi connectivity index (χ0v) is 15.3. The van der Waals surface area contributed by atoms with Crippen LogP contribution in [0, 0.1) is 0 Å². The molecule has 138 valence electrons. The first-order valence-corrected chi connectivity index (χ1v) is 9.89. The molecule has 0 amide bonds. The lowest BCUT2D eigenvalue weighted by molar-refractivity contribution is -0.146. The second-order valence-corrected chi connectivity index (χ2v) is 7.60. The third kappa shape index (κ3) is 5.03. The van der Waals surface area contributed by atoms with Gasteiger partial charge in [0.2, 0.25) is 10.0 Å². The van der Waals surface area contributed by atoms with Gasteiger partial charge < -0.3 is 4.74 Å². The molecular weight excluding hydrogens is 362 g/mol. The van der Waals surface area contributed by atoms with E-state index in [4.69, 9.17) is 4.74 Å². The highest BCUT2D eigenvalue weighted by molar-refractivity contribution is 7.89. The summed E-state index contributed by atoms with van der Waals surface area (Å²) in [5, 5.41) is 0. The van der Waals surface area contributed by atoms with Crippen molar-refractivity contribution in [1.29, 1.82) is 0 Å². The van der Waals surface area contributed by atoms with Crippen molar-refractivity contribution >= 4 is 16.0 Å². The minimum absolute atomic E-state index is 0.0977. The number of hydrogen-bond acceptors (Lipinski definition) is 4. The van der Waals surface area contributed by atoms with Gasteiger partial charge in [0.25, 0.3) is 0 Å². The Morgan fingerprint density at radius 3 is 1.70 bits per heavy atom. The topological polar surface area (TPSA) is 72.5 Å². The van der Waals surface area contributed by atoms with Gasteiger partial charge in [0.15, 0.2) is 6.10 Å². The van der Waals surface area contributed by atoms with E-state index < -0.39 is 28.6 Å². The number of carbonyl (C=O) groups is 1. The SMILES string of the molecule is O=C(CNS(=O)(=O)c1ccccc1)OC(c1ccccc1)c1ccccc1. The Kier molecular flexibility index (Phi) is 6.01. The van der Waals surface area contributed by atoms with Crippen molar-refractivity contribution in [3.8, 4) is 0 Å². The van der Waals surface area contributed by atoms with Crippen LogP contribution in [0.2, 0.25) is 0 Å². The predicted octanol–water partition coefficient (Wildman–Crippen LogP) is 3.30. The zero-order chi connectivity index (χ0) is 19.1. The van der Waals surface area contributed by atoms with E-state index in [2.05, 4.69) is 4.72 Å². The van der Waals surface area contributed by atoms with Crippen LogP contribution in [-0.4, -0.2) is 20.9 Å². The number of esters is 1. The van der Waals surface area contributed by atoms with Crippen LogP contribution >= 0.6 is 0 Å². The largest absolute Gasteiger partial charge is 0.452 e. The molecule has 0 fully saturated rings. The molecule has 1 N–H and O–H groups in total. The summed E-state index contributed by atoms with van der Waals surface area (Å²) in [5.74, 6) is -0.660. The average Bonchev–Trinajstić information content (AvgIpc) is 2.72. The van der Waals surface area contributed by atoms with Crippen molar-refractivity contribution in [3.05, 3.63) is 102 Å². The first-order chi connectivity index (χ1) is 13.1. The van der Waals surface area contributed by atoms with E-state index in [1.165, 1.54) is 12.1 Å². The molecule has 0 aromatic heterocycles. The Morgan fingerprint density at radius 2 is 1.22 bits per heavy atom. The van der Waals surface area contributed by atoms with E-state index in [0.29, 0.717) is 0 Å². The fourth-order valence-corrected chi connectivity index (χ4v) is 3.58. The summed E-state index contributed by atoms with van der Waals surface area (Å²) < 4.78 is 32.4. The van der Waals surface area contributed by atoms with E-state index in [-0.39, 0.29) is 4.90 Å². The molecule has 0 radical (unpaired) electrons. The summed E-state index contributed by atoms with van der Waals surface area (Å²) in [6.45, 7) is -0.451. The van der Waals surface area contributed by atoms with E-state index in [9.17, 15) is 13.2 Å². The molecule has 0 unspecified atom stereocenters. The van der Waals surface area contributed by atoms with E-state index in [0.717, 1.165) is 11.1 Å². The van der Waals surface area contributed by atoms with Crippen LogP contribution in [0.1, 0.15) is 17.2 Å². The second-order valence-electron chi connectivity index (χ2n) is 5.83. The maximum atomic E-state index is 12.3. The van der Waals surface area contributed by atoms with Gasteiger partial charge in [-0.2, -0.15) is 4.72 Å². The van der Waals surface area contributed by atoms with Gasteiger partial charge in [0, 0.05) is 0 Å². The number of carbonyl (C=O) groups excluding carboxylic acids is 1. The highest BCUT2D eigenvalue weighted by Crippen LogP contribution is 2.25. The van der Waals surface area contributed by atoms with Crippen molar-refractivity contribution in [2.45, 2.75) is 11.0 Å². The average molecular weight is 381 g/mol. The Bertz CT molecular complexity index is 935. The van der Waals surface area contributed by atoms with Gasteiger partial charge >= 0.3 is 5.97 Å². The van der Waals surface area contributed by atoms with Gasteiger partial charge in [-0.15, -0.1) is 0 Å². The second kappa shape index (κ2) is 8.62. The lowest BCUT2D eigenvalue weighted by atomic mass is 10.0. The van der Waals surface area contributed by atoms with E-state index >= 15 is 0 Å². The number of hydrogen-bond donors (Lipinski definition) is 1. The maximum Gasteiger partial charge on any atom is 0.321 e. The molecule has 0 atom stereocenters. The van der Waals surface area contributed by atoms with Gasteiger partial charge in [0.05, 0.1) is 4.90 Å². The first-order valence-electron chi connectivity index (χ1n) is 8.40. The van der Waals surface area contributed by atoms with Crippen LogP contribution in [0.3, 0.4) is 0 Å². The van der Waals surface area contributed by atoms with Gasteiger partial charge in [-0.05, 0) is 23.3 Å². The van der Waals surface area contributed by atoms with Crippen LogP contribution in [0.4, 0.5) is 0 Å². The molecular formula is C21H19NO4S. The standard InChI is InChI=1S/C21H19NO4S/c23-20(16-22-27(24,25)19-14-8-3-9-15-19)26-21(17-10-4-1-5-11-17)18-12-6-2-7-13-18/h1-15,21-22H,16H2. The summed E-state index contributed by atoms with van der Waals surface area (Å²) in [5.41, 5.74) is 1.62. The lowest BCUT2D eigenvalue weighted by Crippen LogP contribution is -2.31. The predicted molar refractivity (Wildman–Crippen MR) is 102 cm³/mol. The molecule has 0 spiro atoms. The van der Waals surface area contributed by atoms with Crippen molar-refractivity contribution in [2.75, 3.05) is 6.54 Å². The third-order valence-corrected chi connectivity index (χ3v) is 5.33. The van der Waals surface area contributed by atoms with Crippen molar-refractivity contribution < 1.29 is 17.9 Å². The highest BCUT2D eigenvalue weighted by Gasteiger charge is 2.21. The van der Waals surface area contributed by atoms with Crippen LogP contribution in [0.15, 0.2) is 95.9 Å². The van der Waals surface area contributed by atoms with Crippen LogP contribution in [0.5, 0.6) is 0 Å². The van der Waals surface area contributed by atoms with Gasteiger partial charge in [-0.1, -0.05) is 78.9 Å². The minimum atomic E-state index is -3.77. The van der Waals surface area contributed by atoms with Gasteiger partial charge in [-0.3, -0.25) is 4.79 Å².